The highest BCUT2D eigenvalue weighted by atomic mass is 32.2. The standard InChI is InChI=1S/C27H33FN2O2S/c1-20-4-10-25(11-5-20)33-30-13-12-22-16-26(29-24-8-6-23(28)7-9-24)21(2)17-27(22,18-30)19-32-15-14-31-3/h4-11,16,29H,12-15,17-19H2,1-3H3. The number of benzene rings is 2. The van der Waals surface area contributed by atoms with Gasteiger partial charge in [-0.25, -0.2) is 8.70 Å². The van der Waals surface area contributed by atoms with Crippen molar-refractivity contribution in [1.29, 1.82) is 0 Å². The molecular formula is C27H33FN2O2S. The van der Waals surface area contributed by atoms with E-state index in [1.807, 2.05) is 11.9 Å². The number of fused-ring (bicyclic) bond motifs is 1. The lowest BCUT2D eigenvalue weighted by Gasteiger charge is -2.46. The number of nitrogens with zero attached hydrogens (tertiary/aromatic N) is 1. The van der Waals surface area contributed by atoms with Gasteiger partial charge in [-0.15, -0.1) is 0 Å². The number of aryl methyl sites for hydroxylation is 1. The van der Waals surface area contributed by atoms with Crippen LogP contribution < -0.4 is 5.32 Å². The molecule has 1 saturated heterocycles. The molecule has 33 heavy (non-hydrogen) atoms. The van der Waals surface area contributed by atoms with Crippen molar-refractivity contribution in [3.05, 3.63) is 82.8 Å². The summed E-state index contributed by atoms with van der Waals surface area (Å²) in [6.07, 6.45) is 4.23. The molecule has 6 heteroatoms. The summed E-state index contributed by atoms with van der Waals surface area (Å²) in [5.74, 6) is -0.223. The molecule has 176 valence electrons. The number of rotatable bonds is 9. The first kappa shape index (κ1) is 24.0. The van der Waals surface area contributed by atoms with Crippen LogP contribution in [0.4, 0.5) is 10.1 Å². The Labute approximate surface area is 201 Å². The van der Waals surface area contributed by atoms with E-state index in [0.717, 1.165) is 37.3 Å². The smallest absolute Gasteiger partial charge is 0.123 e. The highest BCUT2D eigenvalue weighted by Crippen LogP contribution is 2.47. The molecule has 2 aromatic carbocycles. The minimum Gasteiger partial charge on any atom is -0.382 e. The number of methoxy groups -OCH3 is 1. The zero-order valence-electron chi connectivity index (χ0n) is 19.7. The molecule has 2 aliphatic rings. The minimum absolute atomic E-state index is 0.0538. The summed E-state index contributed by atoms with van der Waals surface area (Å²) in [5, 5.41) is 3.50. The highest BCUT2D eigenvalue weighted by Gasteiger charge is 2.42. The quantitative estimate of drug-likeness (QED) is 0.349. The third-order valence-corrected chi connectivity index (χ3v) is 7.41. The average molecular weight is 469 g/mol. The van der Waals surface area contributed by atoms with Gasteiger partial charge in [0, 0.05) is 41.9 Å². The SMILES string of the molecule is COCCOCC12CC(C)=C(Nc3ccc(F)cc3)C=C1CCN(Sc1ccc(C)cc1)C2. The lowest BCUT2D eigenvalue weighted by Crippen LogP contribution is -2.46. The Morgan fingerprint density at radius 3 is 2.55 bits per heavy atom. The van der Waals surface area contributed by atoms with E-state index in [4.69, 9.17) is 9.47 Å². The average Bonchev–Trinajstić information content (AvgIpc) is 2.80. The first-order valence-corrected chi connectivity index (χ1v) is 12.2. The van der Waals surface area contributed by atoms with E-state index in [1.54, 1.807) is 19.2 Å². The normalized spacial score (nSPS) is 21.0. The van der Waals surface area contributed by atoms with Gasteiger partial charge in [0.1, 0.15) is 5.82 Å². The Hall–Kier alpha value is -2.12. The molecule has 0 spiro atoms. The van der Waals surface area contributed by atoms with Gasteiger partial charge < -0.3 is 14.8 Å². The maximum Gasteiger partial charge on any atom is 0.123 e. The first-order valence-electron chi connectivity index (χ1n) is 11.5. The summed E-state index contributed by atoms with van der Waals surface area (Å²) >= 11 is 1.84. The van der Waals surface area contributed by atoms with E-state index in [0.29, 0.717) is 19.8 Å². The van der Waals surface area contributed by atoms with Gasteiger partial charge in [0.25, 0.3) is 0 Å². The van der Waals surface area contributed by atoms with E-state index in [9.17, 15) is 4.39 Å². The summed E-state index contributed by atoms with van der Waals surface area (Å²) in [6, 6.07) is 15.3. The molecule has 0 amide bonds. The molecule has 0 bridgehead atoms. The molecule has 0 aromatic heterocycles. The molecule has 1 atom stereocenters. The fraction of sp³-hybridized carbons (Fsp3) is 0.407. The lowest BCUT2D eigenvalue weighted by atomic mass is 9.69. The van der Waals surface area contributed by atoms with Gasteiger partial charge in [-0.05, 0) is 86.7 Å². The van der Waals surface area contributed by atoms with Crippen molar-refractivity contribution in [3.8, 4) is 0 Å². The molecule has 1 aliphatic carbocycles. The van der Waals surface area contributed by atoms with Crippen LogP contribution in [0.25, 0.3) is 0 Å². The fourth-order valence-corrected chi connectivity index (χ4v) is 5.63. The maximum absolute atomic E-state index is 13.3. The van der Waals surface area contributed by atoms with E-state index in [-0.39, 0.29) is 11.2 Å². The molecule has 4 rings (SSSR count). The lowest BCUT2D eigenvalue weighted by molar-refractivity contribution is 0.0151. The second-order valence-electron chi connectivity index (χ2n) is 9.02. The highest BCUT2D eigenvalue weighted by molar-refractivity contribution is 7.97. The second-order valence-corrected chi connectivity index (χ2v) is 10.2. The maximum atomic E-state index is 13.3. The topological polar surface area (TPSA) is 33.7 Å². The van der Waals surface area contributed by atoms with Crippen molar-refractivity contribution in [3.63, 3.8) is 0 Å². The summed E-state index contributed by atoms with van der Waals surface area (Å²) in [4.78, 5) is 1.27. The number of anilines is 1. The van der Waals surface area contributed by atoms with Crippen LogP contribution in [0.1, 0.15) is 25.3 Å². The molecule has 1 N–H and O–H groups in total. The van der Waals surface area contributed by atoms with Crippen LogP contribution >= 0.6 is 11.9 Å². The van der Waals surface area contributed by atoms with Crippen LogP contribution in [0.2, 0.25) is 0 Å². The van der Waals surface area contributed by atoms with E-state index < -0.39 is 0 Å². The summed E-state index contributed by atoms with van der Waals surface area (Å²) < 4.78 is 27.1. The number of ether oxygens (including phenoxy) is 2. The van der Waals surface area contributed by atoms with E-state index in [1.165, 1.54) is 33.7 Å². The predicted octanol–water partition coefficient (Wildman–Crippen LogP) is 6.21. The van der Waals surface area contributed by atoms with Gasteiger partial charge in [-0.3, -0.25) is 0 Å². The Bertz CT molecular complexity index is 1000. The zero-order valence-corrected chi connectivity index (χ0v) is 20.5. The van der Waals surface area contributed by atoms with Crippen molar-refractivity contribution < 1.29 is 13.9 Å². The van der Waals surface area contributed by atoms with Gasteiger partial charge in [-0.2, -0.15) is 0 Å². The number of hydrogen-bond donors (Lipinski definition) is 1. The molecule has 0 saturated carbocycles. The third kappa shape index (κ3) is 6.07. The van der Waals surface area contributed by atoms with Gasteiger partial charge in [0.2, 0.25) is 0 Å². The van der Waals surface area contributed by atoms with E-state index in [2.05, 4.69) is 53.8 Å². The monoisotopic (exact) mass is 468 g/mol. The molecular weight excluding hydrogens is 435 g/mol. The van der Waals surface area contributed by atoms with Crippen molar-refractivity contribution in [1.82, 2.24) is 4.31 Å². The number of nitrogens with one attached hydrogen (secondary N) is 1. The van der Waals surface area contributed by atoms with Gasteiger partial charge in [0.15, 0.2) is 0 Å². The van der Waals surface area contributed by atoms with Crippen molar-refractivity contribution in [2.75, 3.05) is 45.3 Å². The minimum atomic E-state index is -0.223. The van der Waals surface area contributed by atoms with Gasteiger partial charge >= 0.3 is 0 Å². The fourth-order valence-electron chi connectivity index (χ4n) is 4.58. The molecule has 0 radical (unpaired) electrons. The largest absolute Gasteiger partial charge is 0.382 e. The van der Waals surface area contributed by atoms with Crippen LogP contribution in [-0.2, 0) is 9.47 Å². The Balaban J connectivity index is 1.52. The van der Waals surface area contributed by atoms with E-state index >= 15 is 0 Å². The van der Waals surface area contributed by atoms with Crippen LogP contribution in [0.5, 0.6) is 0 Å². The van der Waals surface area contributed by atoms with Gasteiger partial charge in [0.05, 0.1) is 19.8 Å². The molecule has 1 unspecified atom stereocenters. The first-order chi connectivity index (χ1) is 16.0. The summed E-state index contributed by atoms with van der Waals surface area (Å²) in [7, 11) is 1.70. The van der Waals surface area contributed by atoms with Crippen molar-refractivity contribution >= 4 is 17.6 Å². The van der Waals surface area contributed by atoms with Crippen molar-refractivity contribution in [2.45, 2.75) is 31.6 Å². The number of allylic oxidation sites excluding steroid dienone is 2. The molecule has 1 aliphatic heterocycles. The zero-order chi connectivity index (χ0) is 23.3. The molecule has 1 fully saturated rings. The van der Waals surface area contributed by atoms with Crippen LogP contribution in [0.3, 0.4) is 0 Å². The van der Waals surface area contributed by atoms with Crippen LogP contribution in [0, 0.1) is 18.2 Å². The predicted molar refractivity (Wildman–Crippen MR) is 134 cm³/mol. The van der Waals surface area contributed by atoms with Gasteiger partial charge in [-0.1, -0.05) is 23.3 Å². The van der Waals surface area contributed by atoms with Crippen LogP contribution in [0.15, 0.2) is 76.3 Å². The number of hydrogen-bond acceptors (Lipinski definition) is 5. The Morgan fingerprint density at radius 2 is 1.82 bits per heavy atom. The molecule has 1 heterocycles. The molecule has 2 aromatic rings. The number of piperidine rings is 1. The second kappa shape index (κ2) is 10.9. The number of halogens is 1. The summed E-state index contributed by atoms with van der Waals surface area (Å²) in [6.45, 7) is 8.10. The summed E-state index contributed by atoms with van der Waals surface area (Å²) in [5.41, 5.74) is 5.96. The Morgan fingerprint density at radius 1 is 1.06 bits per heavy atom. The Kier molecular flexibility index (Phi) is 7.91. The molecule has 4 nitrogen and oxygen atoms in total. The third-order valence-electron chi connectivity index (χ3n) is 6.36. The van der Waals surface area contributed by atoms with Crippen molar-refractivity contribution in [2.24, 2.45) is 5.41 Å². The van der Waals surface area contributed by atoms with Crippen LogP contribution in [-0.4, -0.2) is 44.3 Å².